The van der Waals surface area contributed by atoms with Crippen LogP contribution in [0, 0.1) is 13.8 Å². The molecule has 0 atom stereocenters. The maximum Gasteiger partial charge on any atom is 0.369 e. The van der Waals surface area contributed by atoms with E-state index >= 15 is 0 Å². The SMILES string of the molecule is CCOC(=O)c1c(C)[nH]c(C(=O)Cn2nnn(-c3cccs3)c2=O)c1C. The van der Waals surface area contributed by atoms with Crippen LogP contribution in [0.25, 0.3) is 5.00 Å². The Kier molecular flexibility index (Phi) is 4.85. The number of nitrogens with one attached hydrogen (secondary N) is 1. The van der Waals surface area contributed by atoms with Crippen molar-refractivity contribution in [2.24, 2.45) is 0 Å². The van der Waals surface area contributed by atoms with E-state index in [0.717, 1.165) is 9.36 Å². The first-order chi connectivity index (χ1) is 12.4. The van der Waals surface area contributed by atoms with Crippen LogP contribution in [0.5, 0.6) is 0 Å². The highest BCUT2D eigenvalue weighted by molar-refractivity contribution is 7.12. The largest absolute Gasteiger partial charge is 0.462 e. The van der Waals surface area contributed by atoms with Gasteiger partial charge < -0.3 is 9.72 Å². The molecule has 0 amide bonds. The van der Waals surface area contributed by atoms with Crippen molar-refractivity contribution < 1.29 is 14.3 Å². The second-order valence-electron chi connectivity index (χ2n) is 5.55. The number of H-pyrrole nitrogens is 1. The van der Waals surface area contributed by atoms with Gasteiger partial charge in [0.1, 0.15) is 11.5 Å². The van der Waals surface area contributed by atoms with Crippen LogP contribution in [-0.2, 0) is 11.3 Å². The van der Waals surface area contributed by atoms with Gasteiger partial charge in [0.25, 0.3) is 0 Å². The summed E-state index contributed by atoms with van der Waals surface area (Å²) in [6.45, 7) is 5.02. The molecule has 3 heterocycles. The van der Waals surface area contributed by atoms with Gasteiger partial charge >= 0.3 is 11.7 Å². The molecule has 136 valence electrons. The minimum Gasteiger partial charge on any atom is -0.462 e. The molecule has 3 aromatic rings. The number of hydrogen-bond donors (Lipinski definition) is 1. The molecule has 0 saturated heterocycles. The Bertz CT molecular complexity index is 1010. The molecule has 10 heteroatoms. The van der Waals surface area contributed by atoms with Crippen molar-refractivity contribution in [2.45, 2.75) is 27.3 Å². The molecule has 0 fully saturated rings. The third kappa shape index (κ3) is 3.10. The summed E-state index contributed by atoms with van der Waals surface area (Å²) in [5.41, 5.74) is 1.11. The van der Waals surface area contributed by atoms with Crippen LogP contribution in [-0.4, -0.2) is 43.1 Å². The number of rotatable bonds is 6. The number of nitrogens with zero attached hydrogens (tertiary/aromatic N) is 4. The standard InChI is InChI=1S/C16H17N5O4S/c1-4-25-15(23)13-9(2)14(17-10(13)3)11(22)8-20-16(24)21(19-18-20)12-6-5-7-26-12/h5-7,17H,4,8H2,1-3H3. The van der Waals surface area contributed by atoms with Crippen LogP contribution in [0.2, 0.25) is 0 Å². The minimum absolute atomic E-state index is 0.243. The molecular weight excluding hydrogens is 358 g/mol. The summed E-state index contributed by atoms with van der Waals surface area (Å²) < 4.78 is 7.14. The molecule has 0 radical (unpaired) electrons. The van der Waals surface area contributed by atoms with Gasteiger partial charge in [-0.25, -0.2) is 9.59 Å². The first-order valence-corrected chi connectivity index (χ1v) is 8.78. The summed E-state index contributed by atoms with van der Waals surface area (Å²) in [5.74, 6) is -0.861. The summed E-state index contributed by atoms with van der Waals surface area (Å²) in [6, 6.07) is 3.52. The van der Waals surface area contributed by atoms with E-state index in [0.29, 0.717) is 21.8 Å². The topological polar surface area (TPSA) is 112 Å². The number of esters is 1. The molecule has 0 spiro atoms. The van der Waals surface area contributed by atoms with E-state index in [1.165, 1.54) is 11.3 Å². The molecule has 26 heavy (non-hydrogen) atoms. The fraction of sp³-hybridized carbons (Fsp3) is 0.312. The Morgan fingerprint density at radius 1 is 1.31 bits per heavy atom. The van der Waals surface area contributed by atoms with Crippen molar-refractivity contribution in [1.82, 2.24) is 24.8 Å². The number of carbonyl (C=O) groups excluding carboxylic acids is 2. The quantitative estimate of drug-likeness (QED) is 0.516. The van der Waals surface area contributed by atoms with Crippen LogP contribution >= 0.6 is 11.3 Å². The van der Waals surface area contributed by atoms with Gasteiger partial charge in [-0.15, -0.1) is 11.3 Å². The monoisotopic (exact) mass is 375 g/mol. The first-order valence-electron chi connectivity index (χ1n) is 7.90. The van der Waals surface area contributed by atoms with Crippen molar-refractivity contribution in [1.29, 1.82) is 0 Å². The Labute approximate surface area is 152 Å². The third-order valence-corrected chi connectivity index (χ3v) is 4.69. The zero-order valence-electron chi connectivity index (χ0n) is 14.5. The van der Waals surface area contributed by atoms with Crippen LogP contribution in [0.4, 0.5) is 0 Å². The lowest BCUT2D eigenvalue weighted by Gasteiger charge is -2.02. The van der Waals surface area contributed by atoms with E-state index in [1.807, 2.05) is 5.38 Å². The van der Waals surface area contributed by atoms with E-state index in [9.17, 15) is 14.4 Å². The number of aromatic nitrogens is 5. The van der Waals surface area contributed by atoms with Crippen molar-refractivity contribution in [3.8, 4) is 5.00 Å². The highest BCUT2D eigenvalue weighted by atomic mass is 32.1. The number of hydrogen-bond acceptors (Lipinski definition) is 7. The van der Waals surface area contributed by atoms with E-state index in [2.05, 4.69) is 15.4 Å². The number of aromatic amines is 1. The van der Waals surface area contributed by atoms with Gasteiger partial charge in [-0.05, 0) is 54.3 Å². The van der Waals surface area contributed by atoms with Gasteiger partial charge in [0.15, 0.2) is 0 Å². The average molecular weight is 375 g/mol. The normalized spacial score (nSPS) is 10.9. The maximum atomic E-state index is 12.6. The molecule has 0 saturated carbocycles. The third-order valence-electron chi connectivity index (χ3n) is 3.84. The molecule has 3 rings (SSSR count). The Morgan fingerprint density at radius 3 is 2.73 bits per heavy atom. The minimum atomic E-state index is -0.507. The van der Waals surface area contributed by atoms with Crippen molar-refractivity contribution in [2.75, 3.05) is 6.61 Å². The van der Waals surface area contributed by atoms with E-state index in [-0.39, 0.29) is 24.6 Å². The molecule has 0 aliphatic heterocycles. The lowest BCUT2D eigenvalue weighted by Crippen LogP contribution is -2.27. The molecular formula is C16H17N5O4S. The Balaban J connectivity index is 1.87. The number of Topliss-reactive ketones (excluding diaryl/α,β-unsaturated/α-hetero) is 1. The number of thiophene rings is 1. The zero-order chi connectivity index (χ0) is 18.8. The molecule has 0 aliphatic rings. The lowest BCUT2D eigenvalue weighted by atomic mass is 10.1. The first kappa shape index (κ1) is 17.8. The fourth-order valence-corrected chi connectivity index (χ4v) is 3.32. The number of aryl methyl sites for hydroxylation is 1. The summed E-state index contributed by atoms with van der Waals surface area (Å²) in [7, 11) is 0. The molecule has 3 aromatic heterocycles. The summed E-state index contributed by atoms with van der Waals surface area (Å²) in [5, 5.41) is 9.98. The molecule has 0 unspecified atom stereocenters. The van der Waals surface area contributed by atoms with E-state index in [1.54, 1.807) is 32.9 Å². The van der Waals surface area contributed by atoms with Gasteiger partial charge in [0.2, 0.25) is 5.78 Å². The van der Waals surface area contributed by atoms with Crippen LogP contribution in [0.1, 0.15) is 39.0 Å². The van der Waals surface area contributed by atoms with Crippen LogP contribution in [0.3, 0.4) is 0 Å². The van der Waals surface area contributed by atoms with Crippen molar-refractivity contribution >= 4 is 23.1 Å². The summed E-state index contributed by atoms with van der Waals surface area (Å²) in [4.78, 5) is 39.9. The van der Waals surface area contributed by atoms with Gasteiger partial charge in [-0.2, -0.15) is 9.36 Å². The van der Waals surface area contributed by atoms with Gasteiger partial charge in [-0.1, -0.05) is 0 Å². The Hall–Kier alpha value is -3.01. The number of carbonyl (C=O) groups is 2. The smallest absolute Gasteiger partial charge is 0.369 e. The number of tetrazole rings is 1. The second kappa shape index (κ2) is 7.08. The van der Waals surface area contributed by atoms with Crippen molar-refractivity contribution in [3.63, 3.8) is 0 Å². The zero-order valence-corrected chi connectivity index (χ0v) is 15.3. The number of ether oxygens (including phenoxy) is 1. The summed E-state index contributed by atoms with van der Waals surface area (Å²) in [6.07, 6.45) is 0. The second-order valence-corrected chi connectivity index (χ2v) is 6.48. The lowest BCUT2D eigenvalue weighted by molar-refractivity contribution is 0.0525. The van der Waals surface area contributed by atoms with E-state index < -0.39 is 11.7 Å². The highest BCUT2D eigenvalue weighted by Gasteiger charge is 2.24. The fourth-order valence-electron chi connectivity index (χ4n) is 2.66. The van der Waals surface area contributed by atoms with E-state index in [4.69, 9.17) is 4.74 Å². The van der Waals surface area contributed by atoms with Crippen LogP contribution < -0.4 is 5.69 Å². The highest BCUT2D eigenvalue weighted by Crippen LogP contribution is 2.20. The average Bonchev–Trinajstić information content (AvgIpc) is 3.29. The summed E-state index contributed by atoms with van der Waals surface area (Å²) >= 11 is 1.34. The molecule has 0 aromatic carbocycles. The maximum absolute atomic E-state index is 12.6. The number of ketones is 1. The predicted molar refractivity (Wildman–Crippen MR) is 94.0 cm³/mol. The Morgan fingerprint density at radius 2 is 2.08 bits per heavy atom. The molecule has 0 bridgehead atoms. The van der Waals surface area contributed by atoms with Gasteiger partial charge in [0.05, 0.1) is 17.9 Å². The van der Waals surface area contributed by atoms with Gasteiger partial charge in [0, 0.05) is 5.69 Å². The molecule has 9 nitrogen and oxygen atoms in total. The van der Waals surface area contributed by atoms with Crippen molar-refractivity contribution in [3.05, 3.63) is 50.5 Å². The molecule has 1 N–H and O–H groups in total. The molecule has 0 aliphatic carbocycles. The van der Waals surface area contributed by atoms with Crippen LogP contribution in [0.15, 0.2) is 22.3 Å². The van der Waals surface area contributed by atoms with Gasteiger partial charge in [-0.3, -0.25) is 4.79 Å². The predicted octanol–water partition coefficient (Wildman–Crippen LogP) is 1.50.